The van der Waals surface area contributed by atoms with Crippen LogP contribution < -0.4 is 10.1 Å². The van der Waals surface area contributed by atoms with Crippen LogP contribution in [0, 0.1) is 5.92 Å². The number of Topliss-reactive ketones (excluding diaryl/α,β-unsaturated/α-hetero) is 1. The molecule has 1 unspecified atom stereocenters. The third kappa shape index (κ3) is 4.37. The maximum atomic E-state index is 13.2. The van der Waals surface area contributed by atoms with Crippen LogP contribution in [0.25, 0.3) is 5.57 Å². The van der Waals surface area contributed by atoms with E-state index in [0.29, 0.717) is 25.1 Å². The number of hydrogen-bond donors (Lipinski definition) is 1. The molecule has 1 aromatic carbocycles. The van der Waals surface area contributed by atoms with Crippen LogP contribution in [-0.2, 0) is 11.0 Å². The van der Waals surface area contributed by atoms with Gasteiger partial charge in [-0.05, 0) is 30.2 Å². The average molecular weight is 374 g/mol. The number of carbonyl (C=O) groups excluding carboxylic acids is 1. The molecule has 25 heavy (non-hydrogen) atoms. The fourth-order valence-electron chi connectivity index (χ4n) is 2.75. The van der Waals surface area contributed by atoms with Gasteiger partial charge in [0.1, 0.15) is 5.75 Å². The third-order valence-electron chi connectivity index (χ3n) is 3.91. The summed E-state index contributed by atoms with van der Waals surface area (Å²) in [5, 5.41) is 2.91. The van der Waals surface area contributed by atoms with Crippen molar-refractivity contribution >= 4 is 23.0 Å². The Morgan fingerprint density at radius 2 is 2.08 bits per heavy atom. The molecule has 136 valence electrons. The SMILES string of the molecule is CCCOc1cc(C2=C(NC)CC(C=CCl)C2=O)cc(C(F)(F)F)c1. The van der Waals surface area contributed by atoms with Crippen LogP contribution in [0.1, 0.15) is 30.9 Å². The average Bonchev–Trinajstić information content (AvgIpc) is 2.88. The molecule has 0 saturated heterocycles. The van der Waals surface area contributed by atoms with Gasteiger partial charge in [0.2, 0.25) is 0 Å². The number of allylic oxidation sites excluding steroid dienone is 3. The third-order valence-corrected chi connectivity index (χ3v) is 4.06. The highest BCUT2D eigenvalue weighted by atomic mass is 35.5. The van der Waals surface area contributed by atoms with Gasteiger partial charge >= 0.3 is 6.18 Å². The van der Waals surface area contributed by atoms with Gasteiger partial charge in [-0.1, -0.05) is 24.6 Å². The lowest BCUT2D eigenvalue weighted by Crippen LogP contribution is -2.11. The Morgan fingerprint density at radius 1 is 1.36 bits per heavy atom. The number of nitrogens with one attached hydrogen (secondary N) is 1. The highest BCUT2D eigenvalue weighted by molar-refractivity contribution is 6.27. The summed E-state index contributed by atoms with van der Waals surface area (Å²) < 4.78 is 45.1. The number of ketones is 1. The van der Waals surface area contributed by atoms with E-state index in [2.05, 4.69) is 5.32 Å². The van der Waals surface area contributed by atoms with Crippen molar-refractivity contribution in [2.45, 2.75) is 25.9 Å². The standard InChI is InChI=1S/C18H19ClF3NO2/c1-3-6-25-14-8-12(7-13(10-14)18(20,21)22)16-15(23-2)9-11(4-5-19)17(16)24/h4-5,7-8,10-11,23H,3,6,9H2,1-2H3. The summed E-state index contributed by atoms with van der Waals surface area (Å²) >= 11 is 5.56. The molecule has 0 saturated carbocycles. The second-order valence-corrected chi connectivity index (χ2v) is 5.94. The summed E-state index contributed by atoms with van der Waals surface area (Å²) in [6.45, 7) is 2.16. The molecule has 0 fully saturated rings. The zero-order valence-corrected chi connectivity index (χ0v) is 14.7. The van der Waals surface area contributed by atoms with Crippen LogP contribution in [0.2, 0.25) is 0 Å². The van der Waals surface area contributed by atoms with Crippen molar-refractivity contribution in [3.05, 3.63) is 46.6 Å². The van der Waals surface area contributed by atoms with Crippen LogP contribution in [0.15, 0.2) is 35.5 Å². The predicted molar refractivity (Wildman–Crippen MR) is 91.3 cm³/mol. The Labute approximate surface area is 149 Å². The minimum atomic E-state index is -4.53. The summed E-state index contributed by atoms with van der Waals surface area (Å²) in [5.41, 5.74) is 1.44. The smallest absolute Gasteiger partial charge is 0.416 e. The molecule has 0 heterocycles. The Hall–Kier alpha value is -1.95. The van der Waals surface area contributed by atoms with Crippen LogP contribution in [0.3, 0.4) is 0 Å². The van der Waals surface area contributed by atoms with Crippen LogP contribution in [0.4, 0.5) is 13.2 Å². The maximum Gasteiger partial charge on any atom is 0.416 e. The Balaban J connectivity index is 2.54. The lowest BCUT2D eigenvalue weighted by Gasteiger charge is -2.14. The highest BCUT2D eigenvalue weighted by Gasteiger charge is 2.35. The number of hydrogen-bond acceptors (Lipinski definition) is 3. The van der Waals surface area contributed by atoms with E-state index in [1.807, 2.05) is 6.92 Å². The van der Waals surface area contributed by atoms with Gasteiger partial charge in [0.15, 0.2) is 5.78 Å². The highest BCUT2D eigenvalue weighted by Crippen LogP contribution is 2.39. The molecule has 1 aliphatic rings. The summed E-state index contributed by atoms with van der Waals surface area (Å²) in [6.07, 6.45) is -1.96. The maximum absolute atomic E-state index is 13.2. The van der Waals surface area contributed by atoms with Gasteiger partial charge in [-0.15, -0.1) is 0 Å². The van der Waals surface area contributed by atoms with Gasteiger partial charge in [0.05, 0.1) is 12.2 Å². The Morgan fingerprint density at radius 3 is 2.64 bits per heavy atom. The predicted octanol–water partition coefficient (Wildman–Crippen LogP) is 4.77. The first-order valence-corrected chi connectivity index (χ1v) is 8.32. The van der Waals surface area contributed by atoms with Gasteiger partial charge in [-0.25, -0.2) is 0 Å². The van der Waals surface area contributed by atoms with E-state index in [9.17, 15) is 18.0 Å². The van der Waals surface area contributed by atoms with E-state index in [-0.39, 0.29) is 22.7 Å². The number of ether oxygens (including phenoxy) is 1. The largest absolute Gasteiger partial charge is 0.494 e. The Bertz CT molecular complexity index is 711. The minimum absolute atomic E-state index is 0.0961. The van der Waals surface area contributed by atoms with Gasteiger partial charge in [-0.3, -0.25) is 4.79 Å². The molecule has 1 aromatic rings. The fraction of sp³-hybridized carbons (Fsp3) is 0.389. The molecular formula is C18H19ClF3NO2. The van der Waals surface area contributed by atoms with E-state index < -0.39 is 17.7 Å². The quantitative estimate of drug-likeness (QED) is 0.780. The molecule has 7 heteroatoms. The first kappa shape index (κ1) is 19.4. The molecule has 1 aliphatic carbocycles. The fourth-order valence-corrected chi connectivity index (χ4v) is 2.92. The van der Waals surface area contributed by atoms with Crippen molar-refractivity contribution in [1.29, 1.82) is 0 Å². The molecule has 0 aromatic heterocycles. The number of carbonyl (C=O) groups is 1. The molecule has 0 aliphatic heterocycles. The zero-order chi connectivity index (χ0) is 18.6. The minimum Gasteiger partial charge on any atom is -0.494 e. The monoisotopic (exact) mass is 373 g/mol. The van der Waals surface area contributed by atoms with Crippen molar-refractivity contribution in [3.63, 3.8) is 0 Å². The van der Waals surface area contributed by atoms with Crippen LogP contribution in [-0.4, -0.2) is 19.4 Å². The summed E-state index contributed by atoms with van der Waals surface area (Å²) in [6, 6.07) is 3.41. The number of rotatable bonds is 6. The topological polar surface area (TPSA) is 38.3 Å². The molecule has 0 bridgehead atoms. The lowest BCUT2D eigenvalue weighted by atomic mass is 9.97. The number of alkyl halides is 3. The Kier molecular flexibility index (Phi) is 6.16. The zero-order valence-electron chi connectivity index (χ0n) is 13.9. The summed E-state index contributed by atoms with van der Waals surface area (Å²) in [4.78, 5) is 12.6. The van der Waals surface area contributed by atoms with Gasteiger partial charge in [-0.2, -0.15) is 13.2 Å². The molecule has 2 rings (SSSR count). The van der Waals surface area contributed by atoms with Crippen molar-refractivity contribution in [2.24, 2.45) is 5.92 Å². The van der Waals surface area contributed by atoms with Crippen molar-refractivity contribution in [3.8, 4) is 5.75 Å². The molecular weight excluding hydrogens is 355 g/mol. The van der Waals surface area contributed by atoms with Crippen molar-refractivity contribution in [1.82, 2.24) is 5.32 Å². The van der Waals surface area contributed by atoms with E-state index in [4.69, 9.17) is 16.3 Å². The number of halogens is 4. The lowest BCUT2D eigenvalue weighted by molar-refractivity contribution is -0.137. The molecule has 0 radical (unpaired) electrons. The normalized spacial score (nSPS) is 18.3. The summed E-state index contributed by atoms with van der Waals surface area (Å²) in [5.74, 6) is -0.648. The molecule has 3 nitrogen and oxygen atoms in total. The summed E-state index contributed by atoms with van der Waals surface area (Å²) in [7, 11) is 1.64. The van der Waals surface area contributed by atoms with E-state index in [0.717, 1.165) is 12.1 Å². The van der Waals surface area contributed by atoms with Crippen molar-refractivity contribution < 1.29 is 22.7 Å². The second-order valence-electron chi connectivity index (χ2n) is 5.69. The second kappa shape index (κ2) is 7.95. The molecule has 0 amide bonds. The van der Waals surface area contributed by atoms with Crippen LogP contribution >= 0.6 is 11.6 Å². The van der Waals surface area contributed by atoms with Gasteiger partial charge in [0.25, 0.3) is 0 Å². The van der Waals surface area contributed by atoms with Gasteiger partial charge < -0.3 is 10.1 Å². The van der Waals surface area contributed by atoms with Crippen molar-refractivity contribution in [2.75, 3.05) is 13.7 Å². The van der Waals surface area contributed by atoms with E-state index in [1.54, 1.807) is 7.05 Å². The molecule has 0 spiro atoms. The molecule has 1 N–H and O–H groups in total. The van der Waals surface area contributed by atoms with Crippen LogP contribution in [0.5, 0.6) is 5.75 Å². The van der Waals surface area contributed by atoms with E-state index in [1.165, 1.54) is 17.7 Å². The first-order valence-electron chi connectivity index (χ1n) is 7.89. The number of benzene rings is 1. The first-order chi connectivity index (χ1) is 11.8. The molecule has 1 atom stereocenters. The van der Waals surface area contributed by atoms with Gasteiger partial charge in [0, 0.05) is 36.2 Å². The van der Waals surface area contributed by atoms with E-state index >= 15 is 0 Å².